The highest BCUT2D eigenvalue weighted by atomic mass is 16.2. The minimum Gasteiger partial charge on any atom is -0.343 e. The number of amides is 1. The lowest BCUT2D eigenvalue weighted by Crippen LogP contribution is -2.30. The topological polar surface area (TPSA) is 20.3 Å². The molecule has 0 atom stereocenters. The fourth-order valence-corrected chi connectivity index (χ4v) is 3.21. The zero-order valence-electron chi connectivity index (χ0n) is 16.4. The third kappa shape index (κ3) is 14.8. The molecule has 0 spiro atoms. The Balaban J connectivity index is 3.17. The average Bonchev–Trinajstić information content (AvgIpc) is 2.56. The van der Waals surface area contributed by atoms with E-state index in [1.807, 2.05) is 4.90 Å². The maximum absolute atomic E-state index is 11.8. The Bertz CT molecular complexity index is 248. The fourth-order valence-electron chi connectivity index (χ4n) is 3.21. The average molecular weight is 326 g/mol. The standard InChI is InChI=1S/C21H43NO/c1-4-7-8-9-10-11-12-13-14-15-16-17-18-19-20-21(23)22(5-2)6-3/h4-20H2,1-3H3. The van der Waals surface area contributed by atoms with Crippen molar-refractivity contribution in [3.63, 3.8) is 0 Å². The molecular formula is C21H43NO. The molecule has 0 rings (SSSR count). The highest BCUT2D eigenvalue weighted by Gasteiger charge is 2.07. The first-order chi connectivity index (χ1) is 11.3. The van der Waals surface area contributed by atoms with E-state index in [1.54, 1.807) is 0 Å². The predicted molar refractivity (Wildman–Crippen MR) is 103 cm³/mol. The van der Waals surface area contributed by atoms with Crippen LogP contribution < -0.4 is 0 Å². The third-order valence-electron chi connectivity index (χ3n) is 4.86. The molecule has 138 valence electrons. The van der Waals surface area contributed by atoms with Crippen LogP contribution in [0.3, 0.4) is 0 Å². The molecule has 0 aliphatic heterocycles. The largest absolute Gasteiger partial charge is 0.343 e. The van der Waals surface area contributed by atoms with Gasteiger partial charge in [0, 0.05) is 19.5 Å². The van der Waals surface area contributed by atoms with Crippen molar-refractivity contribution in [2.75, 3.05) is 13.1 Å². The molecule has 0 aromatic heterocycles. The van der Waals surface area contributed by atoms with Crippen LogP contribution >= 0.6 is 0 Å². The van der Waals surface area contributed by atoms with Gasteiger partial charge in [-0.1, -0.05) is 90.4 Å². The zero-order chi connectivity index (χ0) is 17.2. The van der Waals surface area contributed by atoms with E-state index in [1.165, 1.54) is 83.5 Å². The number of carbonyl (C=O) groups is 1. The van der Waals surface area contributed by atoms with E-state index < -0.39 is 0 Å². The molecule has 0 aliphatic carbocycles. The summed E-state index contributed by atoms with van der Waals surface area (Å²) in [7, 11) is 0. The van der Waals surface area contributed by atoms with Gasteiger partial charge in [0.1, 0.15) is 0 Å². The normalized spacial score (nSPS) is 10.9. The summed E-state index contributed by atoms with van der Waals surface area (Å²) in [6.07, 6.45) is 19.9. The van der Waals surface area contributed by atoms with Gasteiger partial charge in [-0.2, -0.15) is 0 Å². The van der Waals surface area contributed by atoms with Crippen LogP contribution in [-0.2, 0) is 4.79 Å². The van der Waals surface area contributed by atoms with Gasteiger partial charge in [0.05, 0.1) is 0 Å². The smallest absolute Gasteiger partial charge is 0.222 e. The SMILES string of the molecule is CCCCCCCCCCCCCCCCC(=O)N(CC)CC. The van der Waals surface area contributed by atoms with E-state index in [0.29, 0.717) is 5.91 Å². The second kappa shape index (κ2) is 17.8. The molecule has 23 heavy (non-hydrogen) atoms. The molecule has 0 saturated heterocycles. The maximum Gasteiger partial charge on any atom is 0.222 e. The lowest BCUT2D eigenvalue weighted by atomic mass is 10.0. The Kier molecular flexibility index (Phi) is 17.4. The van der Waals surface area contributed by atoms with Crippen LogP contribution in [0, 0.1) is 0 Å². The number of carbonyl (C=O) groups excluding carboxylic acids is 1. The van der Waals surface area contributed by atoms with E-state index in [2.05, 4.69) is 20.8 Å². The maximum atomic E-state index is 11.8. The number of rotatable bonds is 17. The van der Waals surface area contributed by atoms with E-state index in [4.69, 9.17) is 0 Å². The molecular weight excluding hydrogens is 282 g/mol. The molecule has 0 saturated carbocycles. The highest BCUT2D eigenvalue weighted by Crippen LogP contribution is 2.13. The van der Waals surface area contributed by atoms with E-state index in [9.17, 15) is 4.79 Å². The fraction of sp³-hybridized carbons (Fsp3) is 0.952. The lowest BCUT2D eigenvalue weighted by Gasteiger charge is -2.18. The molecule has 0 aromatic rings. The summed E-state index contributed by atoms with van der Waals surface area (Å²) in [6.45, 7) is 8.12. The van der Waals surface area contributed by atoms with Gasteiger partial charge < -0.3 is 4.90 Å². The molecule has 0 bridgehead atoms. The number of hydrogen-bond donors (Lipinski definition) is 0. The second-order valence-electron chi connectivity index (χ2n) is 6.91. The molecule has 2 heteroatoms. The van der Waals surface area contributed by atoms with Gasteiger partial charge in [0.2, 0.25) is 5.91 Å². The summed E-state index contributed by atoms with van der Waals surface area (Å²) in [6, 6.07) is 0. The van der Waals surface area contributed by atoms with Gasteiger partial charge in [-0.25, -0.2) is 0 Å². The Morgan fingerprint density at radius 1 is 0.565 bits per heavy atom. The molecule has 1 amide bonds. The molecule has 0 aliphatic rings. The first-order valence-electron chi connectivity index (χ1n) is 10.5. The molecule has 0 aromatic carbocycles. The molecule has 0 radical (unpaired) electrons. The number of unbranched alkanes of at least 4 members (excludes halogenated alkanes) is 13. The first-order valence-corrected chi connectivity index (χ1v) is 10.5. The number of nitrogens with zero attached hydrogens (tertiary/aromatic N) is 1. The van der Waals surface area contributed by atoms with Crippen LogP contribution in [0.25, 0.3) is 0 Å². The Morgan fingerprint density at radius 2 is 0.913 bits per heavy atom. The summed E-state index contributed by atoms with van der Waals surface area (Å²) in [5, 5.41) is 0. The van der Waals surface area contributed by atoms with Crippen LogP contribution in [0.5, 0.6) is 0 Å². The van der Waals surface area contributed by atoms with Crippen molar-refractivity contribution < 1.29 is 4.79 Å². The lowest BCUT2D eigenvalue weighted by molar-refractivity contribution is -0.130. The molecule has 2 nitrogen and oxygen atoms in total. The molecule has 0 N–H and O–H groups in total. The van der Waals surface area contributed by atoms with E-state index in [0.717, 1.165) is 25.9 Å². The van der Waals surface area contributed by atoms with Gasteiger partial charge in [0.25, 0.3) is 0 Å². The van der Waals surface area contributed by atoms with Crippen LogP contribution in [0.4, 0.5) is 0 Å². The summed E-state index contributed by atoms with van der Waals surface area (Å²) >= 11 is 0. The van der Waals surface area contributed by atoms with E-state index in [-0.39, 0.29) is 0 Å². The van der Waals surface area contributed by atoms with Crippen molar-refractivity contribution in [3.8, 4) is 0 Å². The minimum absolute atomic E-state index is 0.342. The van der Waals surface area contributed by atoms with Gasteiger partial charge in [-0.3, -0.25) is 4.79 Å². The van der Waals surface area contributed by atoms with Crippen molar-refractivity contribution in [1.29, 1.82) is 0 Å². The van der Waals surface area contributed by atoms with Crippen molar-refractivity contribution in [2.45, 2.75) is 117 Å². The van der Waals surface area contributed by atoms with Crippen LogP contribution in [0.15, 0.2) is 0 Å². The van der Waals surface area contributed by atoms with Crippen LogP contribution in [0.2, 0.25) is 0 Å². The summed E-state index contributed by atoms with van der Waals surface area (Å²) in [4.78, 5) is 13.8. The zero-order valence-corrected chi connectivity index (χ0v) is 16.4. The predicted octanol–water partition coefficient (Wildman–Crippen LogP) is 6.73. The van der Waals surface area contributed by atoms with E-state index >= 15 is 0 Å². The van der Waals surface area contributed by atoms with Gasteiger partial charge in [-0.05, 0) is 20.3 Å². The van der Waals surface area contributed by atoms with Crippen LogP contribution in [-0.4, -0.2) is 23.9 Å². The van der Waals surface area contributed by atoms with Gasteiger partial charge in [0.15, 0.2) is 0 Å². The molecule has 0 unspecified atom stereocenters. The van der Waals surface area contributed by atoms with Crippen molar-refractivity contribution in [1.82, 2.24) is 4.90 Å². The quantitative estimate of drug-likeness (QED) is 0.272. The van der Waals surface area contributed by atoms with Crippen molar-refractivity contribution in [3.05, 3.63) is 0 Å². The Hall–Kier alpha value is -0.530. The Morgan fingerprint density at radius 3 is 1.26 bits per heavy atom. The highest BCUT2D eigenvalue weighted by molar-refractivity contribution is 5.75. The first kappa shape index (κ1) is 22.5. The van der Waals surface area contributed by atoms with Crippen molar-refractivity contribution in [2.24, 2.45) is 0 Å². The van der Waals surface area contributed by atoms with Gasteiger partial charge >= 0.3 is 0 Å². The third-order valence-corrected chi connectivity index (χ3v) is 4.86. The van der Waals surface area contributed by atoms with Crippen LogP contribution in [0.1, 0.15) is 117 Å². The summed E-state index contributed by atoms with van der Waals surface area (Å²) in [5.74, 6) is 0.342. The molecule has 0 fully saturated rings. The Labute approximate surface area is 146 Å². The summed E-state index contributed by atoms with van der Waals surface area (Å²) < 4.78 is 0. The summed E-state index contributed by atoms with van der Waals surface area (Å²) in [5.41, 5.74) is 0. The van der Waals surface area contributed by atoms with Crippen molar-refractivity contribution >= 4 is 5.91 Å². The van der Waals surface area contributed by atoms with Gasteiger partial charge in [-0.15, -0.1) is 0 Å². The number of hydrogen-bond acceptors (Lipinski definition) is 1. The molecule has 0 heterocycles. The minimum atomic E-state index is 0.342. The second-order valence-corrected chi connectivity index (χ2v) is 6.91. The monoisotopic (exact) mass is 325 g/mol.